The summed E-state index contributed by atoms with van der Waals surface area (Å²) in [7, 11) is 0. The van der Waals surface area contributed by atoms with Crippen molar-refractivity contribution < 1.29 is 5.11 Å². The van der Waals surface area contributed by atoms with Crippen LogP contribution in [0.15, 0.2) is 18.2 Å². The Morgan fingerprint density at radius 3 is 2.59 bits per heavy atom. The minimum absolute atomic E-state index is 0.283. The summed E-state index contributed by atoms with van der Waals surface area (Å²) in [5.41, 5.74) is 1.05. The summed E-state index contributed by atoms with van der Waals surface area (Å²) < 4.78 is 0. The van der Waals surface area contributed by atoms with Crippen LogP contribution in [0.5, 0.6) is 0 Å². The number of hydrogen-bond acceptors (Lipinski definition) is 2. The number of aliphatic hydroxyl groups excluding tert-OH is 1. The quantitative estimate of drug-likeness (QED) is 0.888. The Hall–Kier alpha value is -0.280. The lowest BCUT2D eigenvalue weighted by atomic mass is 9.89. The lowest BCUT2D eigenvalue weighted by molar-refractivity contribution is 0.0891. The van der Waals surface area contributed by atoms with Crippen LogP contribution >= 0.6 is 23.2 Å². The van der Waals surface area contributed by atoms with E-state index >= 15 is 0 Å². The highest BCUT2D eigenvalue weighted by Crippen LogP contribution is 2.25. The first-order chi connectivity index (χ1) is 8.16. The maximum atomic E-state index is 10.2. The predicted octanol–water partition coefficient (Wildman–Crippen LogP) is 2.90. The maximum Gasteiger partial charge on any atom is 0.0609 e. The van der Waals surface area contributed by atoms with Crippen LogP contribution in [0.1, 0.15) is 18.4 Å². The Morgan fingerprint density at radius 2 is 1.94 bits per heavy atom. The number of hydrogen-bond donors (Lipinski definition) is 2. The Kier molecular flexibility index (Phi) is 4.69. The molecular weight excluding hydrogens is 257 g/mol. The molecule has 2 rings (SSSR count). The zero-order valence-corrected chi connectivity index (χ0v) is 11.1. The first-order valence-electron chi connectivity index (χ1n) is 5.99. The zero-order chi connectivity index (χ0) is 12.3. The molecule has 0 amide bonds. The third-order valence-electron chi connectivity index (χ3n) is 3.36. The zero-order valence-electron chi connectivity index (χ0n) is 9.63. The van der Waals surface area contributed by atoms with Gasteiger partial charge in [-0.25, -0.2) is 0 Å². The van der Waals surface area contributed by atoms with Gasteiger partial charge in [0.15, 0.2) is 0 Å². The van der Waals surface area contributed by atoms with E-state index in [9.17, 15) is 5.11 Å². The van der Waals surface area contributed by atoms with Gasteiger partial charge in [-0.05, 0) is 56.0 Å². The lowest BCUT2D eigenvalue weighted by Crippen LogP contribution is -2.34. The van der Waals surface area contributed by atoms with Gasteiger partial charge in [-0.1, -0.05) is 29.3 Å². The number of rotatable bonds is 3. The SMILES string of the molecule is OC(Cc1ccc(Cl)c(Cl)c1)C1CCNCC1. The van der Waals surface area contributed by atoms with Gasteiger partial charge in [-0.2, -0.15) is 0 Å². The van der Waals surface area contributed by atoms with E-state index in [0.717, 1.165) is 31.5 Å². The van der Waals surface area contributed by atoms with Crippen molar-refractivity contribution in [2.45, 2.75) is 25.4 Å². The Balaban J connectivity index is 1.96. The van der Waals surface area contributed by atoms with Gasteiger partial charge in [0.05, 0.1) is 16.1 Å². The van der Waals surface area contributed by atoms with Crippen molar-refractivity contribution in [3.63, 3.8) is 0 Å². The Bertz CT molecular complexity index is 378. The molecule has 1 atom stereocenters. The van der Waals surface area contributed by atoms with E-state index in [1.807, 2.05) is 12.1 Å². The van der Waals surface area contributed by atoms with Gasteiger partial charge in [-0.15, -0.1) is 0 Å². The average molecular weight is 274 g/mol. The Morgan fingerprint density at radius 1 is 1.24 bits per heavy atom. The Labute approximate surface area is 112 Å². The molecule has 17 heavy (non-hydrogen) atoms. The molecule has 0 spiro atoms. The average Bonchev–Trinajstić information content (AvgIpc) is 2.35. The standard InChI is InChI=1S/C13H17Cl2NO/c14-11-2-1-9(7-12(11)15)8-13(17)10-3-5-16-6-4-10/h1-2,7,10,13,16-17H,3-6,8H2. The van der Waals surface area contributed by atoms with E-state index in [2.05, 4.69) is 5.32 Å². The molecule has 0 saturated carbocycles. The minimum atomic E-state index is -0.283. The highest BCUT2D eigenvalue weighted by atomic mass is 35.5. The summed E-state index contributed by atoms with van der Waals surface area (Å²) in [4.78, 5) is 0. The summed E-state index contributed by atoms with van der Waals surface area (Å²) in [5, 5.41) is 14.6. The van der Waals surface area contributed by atoms with Crippen molar-refractivity contribution in [1.82, 2.24) is 5.32 Å². The molecule has 1 unspecified atom stereocenters. The fraction of sp³-hybridized carbons (Fsp3) is 0.538. The highest BCUT2D eigenvalue weighted by molar-refractivity contribution is 6.42. The second-order valence-corrected chi connectivity index (χ2v) is 5.42. The molecule has 1 saturated heterocycles. The maximum absolute atomic E-state index is 10.2. The summed E-state index contributed by atoms with van der Waals surface area (Å²) in [6, 6.07) is 5.56. The van der Waals surface area contributed by atoms with E-state index in [0.29, 0.717) is 22.4 Å². The molecule has 2 N–H and O–H groups in total. The topological polar surface area (TPSA) is 32.3 Å². The second kappa shape index (κ2) is 6.05. The van der Waals surface area contributed by atoms with E-state index in [1.165, 1.54) is 0 Å². The van der Waals surface area contributed by atoms with Crippen LogP contribution in [0, 0.1) is 5.92 Å². The molecular formula is C13H17Cl2NO. The van der Waals surface area contributed by atoms with Crippen LogP contribution in [0.2, 0.25) is 10.0 Å². The van der Waals surface area contributed by atoms with Crippen molar-refractivity contribution >= 4 is 23.2 Å². The van der Waals surface area contributed by atoms with Crippen molar-refractivity contribution in [3.8, 4) is 0 Å². The van der Waals surface area contributed by atoms with Crippen molar-refractivity contribution in [3.05, 3.63) is 33.8 Å². The monoisotopic (exact) mass is 273 g/mol. The number of aliphatic hydroxyl groups is 1. The molecule has 0 aliphatic carbocycles. The van der Waals surface area contributed by atoms with E-state index < -0.39 is 0 Å². The smallest absolute Gasteiger partial charge is 0.0609 e. The van der Waals surface area contributed by atoms with Crippen LogP contribution in [-0.2, 0) is 6.42 Å². The molecule has 0 aromatic heterocycles. The van der Waals surface area contributed by atoms with Gasteiger partial charge in [0.25, 0.3) is 0 Å². The fourth-order valence-electron chi connectivity index (χ4n) is 2.30. The van der Waals surface area contributed by atoms with Crippen LogP contribution in [0.25, 0.3) is 0 Å². The predicted molar refractivity (Wildman–Crippen MR) is 71.8 cm³/mol. The fourth-order valence-corrected chi connectivity index (χ4v) is 2.62. The van der Waals surface area contributed by atoms with Gasteiger partial charge >= 0.3 is 0 Å². The molecule has 1 aliphatic heterocycles. The van der Waals surface area contributed by atoms with Crippen LogP contribution in [0.3, 0.4) is 0 Å². The minimum Gasteiger partial charge on any atom is -0.392 e. The molecule has 1 aromatic carbocycles. The molecule has 94 valence electrons. The third-order valence-corrected chi connectivity index (χ3v) is 4.10. The number of halogens is 2. The van der Waals surface area contributed by atoms with Crippen molar-refractivity contribution in [1.29, 1.82) is 0 Å². The number of piperidine rings is 1. The van der Waals surface area contributed by atoms with E-state index in [1.54, 1.807) is 6.07 Å². The van der Waals surface area contributed by atoms with Crippen molar-refractivity contribution in [2.24, 2.45) is 5.92 Å². The van der Waals surface area contributed by atoms with Gasteiger partial charge in [0.1, 0.15) is 0 Å². The molecule has 4 heteroatoms. The second-order valence-electron chi connectivity index (χ2n) is 4.61. The summed E-state index contributed by atoms with van der Waals surface area (Å²) in [6.45, 7) is 2.01. The molecule has 0 radical (unpaired) electrons. The summed E-state index contributed by atoms with van der Waals surface area (Å²) in [5.74, 6) is 0.394. The molecule has 1 heterocycles. The van der Waals surface area contributed by atoms with Gasteiger partial charge in [-0.3, -0.25) is 0 Å². The van der Waals surface area contributed by atoms with Crippen molar-refractivity contribution in [2.75, 3.05) is 13.1 Å². The molecule has 0 bridgehead atoms. The third kappa shape index (κ3) is 3.59. The summed E-state index contributed by atoms with van der Waals surface area (Å²) in [6.07, 6.45) is 2.46. The molecule has 1 aliphatic rings. The first-order valence-corrected chi connectivity index (χ1v) is 6.75. The van der Waals surface area contributed by atoms with Crippen LogP contribution in [0.4, 0.5) is 0 Å². The molecule has 1 fully saturated rings. The van der Waals surface area contributed by atoms with Gasteiger partial charge < -0.3 is 10.4 Å². The summed E-state index contributed by atoms with van der Waals surface area (Å²) >= 11 is 11.8. The van der Waals surface area contributed by atoms with Crippen LogP contribution in [-0.4, -0.2) is 24.3 Å². The number of nitrogens with one attached hydrogen (secondary N) is 1. The molecule has 1 aromatic rings. The normalized spacial score (nSPS) is 19.2. The van der Waals surface area contributed by atoms with E-state index in [-0.39, 0.29) is 6.10 Å². The number of benzene rings is 1. The highest BCUT2D eigenvalue weighted by Gasteiger charge is 2.21. The van der Waals surface area contributed by atoms with Crippen LogP contribution < -0.4 is 5.32 Å². The van der Waals surface area contributed by atoms with Gasteiger partial charge in [0, 0.05) is 0 Å². The van der Waals surface area contributed by atoms with Gasteiger partial charge in [0.2, 0.25) is 0 Å². The molecule has 2 nitrogen and oxygen atoms in total. The van der Waals surface area contributed by atoms with E-state index in [4.69, 9.17) is 23.2 Å². The first kappa shape index (κ1) is 13.2. The lowest BCUT2D eigenvalue weighted by Gasteiger charge is -2.27. The largest absolute Gasteiger partial charge is 0.392 e.